The molecule has 6 nitrogen and oxygen atoms in total. The van der Waals surface area contributed by atoms with Gasteiger partial charge in [-0.1, -0.05) is 6.92 Å². The number of nitrogens with zero attached hydrogens (tertiary/aromatic N) is 4. The number of hydrogen-bond donors (Lipinski definition) is 1. The van der Waals surface area contributed by atoms with Gasteiger partial charge in [0.1, 0.15) is 0 Å². The highest BCUT2D eigenvalue weighted by molar-refractivity contribution is 7.09. The first kappa shape index (κ1) is 13.7. The third kappa shape index (κ3) is 2.92. The van der Waals surface area contributed by atoms with Crippen molar-refractivity contribution in [1.82, 2.24) is 24.9 Å². The summed E-state index contributed by atoms with van der Waals surface area (Å²) < 4.78 is 1.59. The van der Waals surface area contributed by atoms with Gasteiger partial charge in [-0.15, -0.1) is 11.3 Å². The fourth-order valence-electron chi connectivity index (χ4n) is 1.96. The maximum absolute atomic E-state index is 12.1. The standard InChI is InChI=1S/C14H15N5OS/c1-9(14-17-10(2)8-21-14)7-16-13(20)11-6-12-15-4-3-5-19(12)18-11/h3-6,8-9H,7H2,1-2H3,(H,16,20)/t9-/m1/s1. The van der Waals surface area contributed by atoms with E-state index in [-0.39, 0.29) is 11.8 Å². The van der Waals surface area contributed by atoms with E-state index in [4.69, 9.17) is 0 Å². The van der Waals surface area contributed by atoms with E-state index in [9.17, 15) is 4.79 Å². The average molecular weight is 301 g/mol. The van der Waals surface area contributed by atoms with Crippen LogP contribution in [-0.2, 0) is 0 Å². The molecule has 1 atom stereocenters. The summed E-state index contributed by atoms with van der Waals surface area (Å²) in [5, 5.41) is 10.1. The summed E-state index contributed by atoms with van der Waals surface area (Å²) in [7, 11) is 0. The second-order valence-electron chi connectivity index (χ2n) is 4.89. The summed E-state index contributed by atoms with van der Waals surface area (Å²) in [6, 6.07) is 3.45. The Kier molecular flexibility index (Phi) is 3.66. The zero-order valence-corrected chi connectivity index (χ0v) is 12.6. The van der Waals surface area contributed by atoms with Crippen LogP contribution in [-0.4, -0.2) is 32.0 Å². The minimum atomic E-state index is -0.194. The number of aryl methyl sites for hydroxylation is 1. The zero-order chi connectivity index (χ0) is 14.8. The van der Waals surface area contributed by atoms with Crippen LogP contribution in [0.2, 0.25) is 0 Å². The number of thiazole rings is 1. The Hall–Kier alpha value is -2.28. The second-order valence-corrected chi connectivity index (χ2v) is 5.78. The van der Waals surface area contributed by atoms with Gasteiger partial charge >= 0.3 is 0 Å². The molecule has 3 heterocycles. The summed E-state index contributed by atoms with van der Waals surface area (Å²) >= 11 is 1.62. The number of amides is 1. The maximum atomic E-state index is 12.1. The molecule has 0 aliphatic carbocycles. The molecule has 0 aliphatic rings. The molecule has 0 aromatic carbocycles. The Labute approximate surface area is 125 Å². The largest absolute Gasteiger partial charge is 0.350 e. The van der Waals surface area contributed by atoms with Crippen molar-refractivity contribution < 1.29 is 4.79 Å². The summed E-state index contributed by atoms with van der Waals surface area (Å²) in [5.74, 6) is -0.0107. The van der Waals surface area contributed by atoms with Crippen LogP contribution < -0.4 is 5.32 Å². The molecule has 0 spiro atoms. The Bertz CT molecular complexity index is 745. The first-order valence-electron chi connectivity index (χ1n) is 6.64. The highest BCUT2D eigenvalue weighted by Crippen LogP contribution is 2.18. The van der Waals surface area contributed by atoms with Crippen molar-refractivity contribution in [3.63, 3.8) is 0 Å². The normalized spacial score (nSPS) is 12.5. The number of nitrogens with one attached hydrogen (secondary N) is 1. The van der Waals surface area contributed by atoms with Crippen LogP contribution in [0, 0.1) is 6.92 Å². The Morgan fingerprint density at radius 1 is 1.52 bits per heavy atom. The van der Waals surface area contributed by atoms with Crippen molar-refractivity contribution in [2.24, 2.45) is 0 Å². The minimum Gasteiger partial charge on any atom is -0.350 e. The van der Waals surface area contributed by atoms with E-state index < -0.39 is 0 Å². The van der Waals surface area contributed by atoms with Gasteiger partial charge in [0.2, 0.25) is 0 Å². The third-order valence-corrected chi connectivity index (χ3v) is 4.29. The van der Waals surface area contributed by atoms with Crippen molar-refractivity contribution in [2.75, 3.05) is 6.54 Å². The summed E-state index contributed by atoms with van der Waals surface area (Å²) in [6.07, 6.45) is 3.44. The molecule has 0 saturated heterocycles. The van der Waals surface area contributed by atoms with Gasteiger partial charge in [0, 0.05) is 42.0 Å². The van der Waals surface area contributed by atoms with Gasteiger partial charge < -0.3 is 5.32 Å². The van der Waals surface area contributed by atoms with Gasteiger partial charge in [-0.3, -0.25) is 4.79 Å². The lowest BCUT2D eigenvalue weighted by atomic mass is 10.2. The topological polar surface area (TPSA) is 72.2 Å². The van der Waals surface area contributed by atoms with E-state index in [1.54, 1.807) is 40.4 Å². The van der Waals surface area contributed by atoms with E-state index in [2.05, 4.69) is 20.4 Å². The maximum Gasteiger partial charge on any atom is 0.271 e. The molecule has 3 rings (SSSR count). The summed E-state index contributed by atoms with van der Waals surface area (Å²) in [6.45, 7) is 4.55. The van der Waals surface area contributed by atoms with Crippen LogP contribution in [0.15, 0.2) is 29.9 Å². The quantitative estimate of drug-likeness (QED) is 0.800. The number of fused-ring (bicyclic) bond motifs is 1. The van der Waals surface area contributed by atoms with Gasteiger partial charge in [0.15, 0.2) is 11.3 Å². The van der Waals surface area contributed by atoms with Crippen LogP contribution >= 0.6 is 11.3 Å². The molecular weight excluding hydrogens is 286 g/mol. The third-order valence-electron chi connectivity index (χ3n) is 3.10. The molecule has 3 aromatic heterocycles. The molecule has 108 valence electrons. The van der Waals surface area contributed by atoms with Gasteiger partial charge in [-0.25, -0.2) is 14.5 Å². The first-order chi connectivity index (χ1) is 10.1. The van der Waals surface area contributed by atoms with Crippen molar-refractivity contribution >= 4 is 22.9 Å². The number of hydrogen-bond acceptors (Lipinski definition) is 5. The second kappa shape index (κ2) is 5.61. The van der Waals surface area contributed by atoms with E-state index in [0.29, 0.717) is 17.9 Å². The Morgan fingerprint density at radius 2 is 2.38 bits per heavy atom. The lowest BCUT2D eigenvalue weighted by Crippen LogP contribution is -2.27. The molecule has 7 heteroatoms. The molecule has 0 unspecified atom stereocenters. The van der Waals surface area contributed by atoms with Crippen molar-refractivity contribution in [1.29, 1.82) is 0 Å². The summed E-state index contributed by atoms with van der Waals surface area (Å²) in [5.41, 5.74) is 2.04. The highest BCUT2D eigenvalue weighted by Gasteiger charge is 2.14. The predicted molar refractivity (Wildman–Crippen MR) is 80.6 cm³/mol. The van der Waals surface area contributed by atoms with Gasteiger partial charge in [-0.2, -0.15) is 5.10 Å². The molecule has 3 aromatic rings. The lowest BCUT2D eigenvalue weighted by Gasteiger charge is -2.08. The monoisotopic (exact) mass is 301 g/mol. The minimum absolute atomic E-state index is 0.183. The number of aromatic nitrogens is 4. The van der Waals surface area contributed by atoms with Crippen molar-refractivity contribution in [3.8, 4) is 0 Å². The smallest absolute Gasteiger partial charge is 0.271 e. The molecule has 0 fully saturated rings. The number of carbonyl (C=O) groups is 1. The molecule has 1 N–H and O–H groups in total. The fourth-order valence-corrected chi connectivity index (χ4v) is 2.82. The van der Waals surface area contributed by atoms with E-state index in [0.717, 1.165) is 10.7 Å². The van der Waals surface area contributed by atoms with Crippen LogP contribution in [0.5, 0.6) is 0 Å². The number of rotatable bonds is 4. The van der Waals surface area contributed by atoms with E-state index in [1.807, 2.05) is 19.2 Å². The molecule has 0 bridgehead atoms. The highest BCUT2D eigenvalue weighted by atomic mass is 32.1. The molecule has 0 aliphatic heterocycles. The van der Waals surface area contributed by atoms with Crippen LogP contribution in [0.4, 0.5) is 0 Å². The molecule has 0 saturated carbocycles. The summed E-state index contributed by atoms with van der Waals surface area (Å²) in [4.78, 5) is 20.7. The van der Waals surface area contributed by atoms with Gasteiger partial charge in [-0.05, 0) is 13.0 Å². The van der Waals surface area contributed by atoms with E-state index >= 15 is 0 Å². The van der Waals surface area contributed by atoms with Gasteiger partial charge in [0.25, 0.3) is 5.91 Å². The van der Waals surface area contributed by atoms with Crippen molar-refractivity contribution in [3.05, 3.63) is 46.3 Å². The lowest BCUT2D eigenvalue weighted by molar-refractivity contribution is 0.0946. The van der Waals surface area contributed by atoms with Crippen LogP contribution in [0.3, 0.4) is 0 Å². The first-order valence-corrected chi connectivity index (χ1v) is 7.52. The van der Waals surface area contributed by atoms with Crippen LogP contribution in [0.1, 0.15) is 34.0 Å². The molecule has 0 radical (unpaired) electrons. The number of carbonyl (C=O) groups excluding carboxylic acids is 1. The van der Waals surface area contributed by atoms with Crippen molar-refractivity contribution in [2.45, 2.75) is 19.8 Å². The Morgan fingerprint density at radius 3 is 3.10 bits per heavy atom. The molecular formula is C14H15N5OS. The van der Waals surface area contributed by atoms with E-state index in [1.165, 1.54) is 0 Å². The van der Waals surface area contributed by atoms with Gasteiger partial charge in [0.05, 0.1) is 5.01 Å². The average Bonchev–Trinajstić information content (AvgIpc) is 3.10. The predicted octanol–water partition coefficient (Wildman–Crippen LogP) is 2.03. The SMILES string of the molecule is Cc1csc([C@H](C)CNC(=O)c2cc3ncccn3n2)n1. The molecule has 1 amide bonds. The van der Waals surface area contributed by atoms with Crippen LogP contribution in [0.25, 0.3) is 5.65 Å². The fraction of sp³-hybridized carbons (Fsp3) is 0.286. The Balaban J connectivity index is 1.66. The zero-order valence-electron chi connectivity index (χ0n) is 11.8. The molecule has 21 heavy (non-hydrogen) atoms.